The Kier molecular flexibility index (Phi) is 5.32. The van der Waals surface area contributed by atoms with E-state index in [4.69, 9.17) is 11.6 Å². The number of hydrogen-bond acceptors (Lipinski definition) is 4. The molecule has 0 saturated heterocycles. The molecular formula is C14H13ClN2O3S. The number of thiophene rings is 1. The van der Waals surface area contributed by atoms with Crippen molar-refractivity contribution in [1.29, 1.82) is 0 Å². The summed E-state index contributed by atoms with van der Waals surface area (Å²) in [6.07, 6.45) is -0.831. The third-order valence-electron chi connectivity index (χ3n) is 2.66. The van der Waals surface area contributed by atoms with Crippen molar-refractivity contribution in [1.82, 2.24) is 5.32 Å². The maximum absolute atomic E-state index is 11.7. The molecule has 0 fully saturated rings. The van der Waals surface area contributed by atoms with Crippen molar-refractivity contribution in [2.45, 2.75) is 6.10 Å². The number of anilines is 1. The molecule has 2 rings (SSSR count). The SMILES string of the molecule is O=C(NCC(O)c1cccs1)C(=O)Nc1ccccc1Cl. The molecule has 0 bridgehead atoms. The van der Waals surface area contributed by atoms with E-state index in [1.165, 1.54) is 11.3 Å². The molecule has 110 valence electrons. The van der Waals surface area contributed by atoms with Crippen LogP contribution in [0.3, 0.4) is 0 Å². The van der Waals surface area contributed by atoms with Crippen LogP contribution in [0.15, 0.2) is 41.8 Å². The predicted octanol–water partition coefficient (Wildman–Crippen LogP) is 2.19. The largest absolute Gasteiger partial charge is 0.386 e. The van der Waals surface area contributed by atoms with Crippen molar-refractivity contribution >= 4 is 40.4 Å². The number of halogens is 1. The molecule has 5 nitrogen and oxygen atoms in total. The minimum Gasteiger partial charge on any atom is -0.386 e. The van der Waals surface area contributed by atoms with E-state index in [2.05, 4.69) is 10.6 Å². The van der Waals surface area contributed by atoms with Gasteiger partial charge in [-0.25, -0.2) is 0 Å². The highest BCUT2D eigenvalue weighted by molar-refractivity contribution is 7.10. The van der Waals surface area contributed by atoms with Gasteiger partial charge in [0.25, 0.3) is 0 Å². The van der Waals surface area contributed by atoms with Gasteiger partial charge in [-0.3, -0.25) is 9.59 Å². The zero-order valence-electron chi connectivity index (χ0n) is 10.9. The highest BCUT2D eigenvalue weighted by Crippen LogP contribution is 2.20. The average Bonchev–Trinajstić information content (AvgIpc) is 3.01. The third-order valence-corrected chi connectivity index (χ3v) is 3.96. The van der Waals surface area contributed by atoms with Crippen LogP contribution in [-0.4, -0.2) is 23.5 Å². The number of carbonyl (C=O) groups excluding carboxylic acids is 2. The van der Waals surface area contributed by atoms with E-state index >= 15 is 0 Å². The molecule has 0 saturated carbocycles. The van der Waals surface area contributed by atoms with Crippen LogP contribution in [0, 0.1) is 0 Å². The Morgan fingerprint density at radius 1 is 1.19 bits per heavy atom. The van der Waals surface area contributed by atoms with Crippen LogP contribution in [0.4, 0.5) is 5.69 Å². The van der Waals surface area contributed by atoms with Crippen LogP contribution in [-0.2, 0) is 9.59 Å². The number of para-hydroxylation sites is 1. The molecule has 0 aliphatic carbocycles. The predicted molar refractivity (Wildman–Crippen MR) is 82.4 cm³/mol. The Morgan fingerprint density at radius 2 is 1.95 bits per heavy atom. The number of amides is 2. The third kappa shape index (κ3) is 4.29. The summed E-state index contributed by atoms with van der Waals surface area (Å²) in [6.45, 7) is -0.0325. The van der Waals surface area contributed by atoms with E-state index in [0.717, 1.165) is 4.88 Å². The van der Waals surface area contributed by atoms with Crippen LogP contribution >= 0.6 is 22.9 Å². The molecule has 0 aliphatic heterocycles. The minimum absolute atomic E-state index is 0.0325. The Balaban J connectivity index is 1.86. The van der Waals surface area contributed by atoms with Gasteiger partial charge in [0.15, 0.2) is 0 Å². The summed E-state index contributed by atoms with van der Waals surface area (Å²) in [6, 6.07) is 10.2. The van der Waals surface area contributed by atoms with Gasteiger partial charge in [0.1, 0.15) is 6.10 Å². The second-order valence-electron chi connectivity index (χ2n) is 4.18. The van der Waals surface area contributed by atoms with Gasteiger partial charge < -0.3 is 15.7 Å². The summed E-state index contributed by atoms with van der Waals surface area (Å²) in [5.41, 5.74) is 0.359. The lowest BCUT2D eigenvalue weighted by Crippen LogP contribution is -2.37. The smallest absolute Gasteiger partial charge is 0.313 e. The lowest BCUT2D eigenvalue weighted by molar-refractivity contribution is -0.136. The van der Waals surface area contributed by atoms with E-state index in [9.17, 15) is 14.7 Å². The molecule has 0 spiro atoms. The molecule has 1 atom stereocenters. The average molecular weight is 325 g/mol. The van der Waals surface area contributed by atoms with Crippen LogP contribution in [0.1, 0.15) is 11.0 Å². The van der Waals surface area contributed by atoms with Crippen molar-refractivity contribution in [2.24, 2.45) is 0 Å². The van der Waals surface area contributed by atoms with Crippen molar-refractivity contribution in [2.75, 3.05) is 11.9 Å². The first-order chi connectivity index (χ1) is 10.1. The second-order valence-corrected chi connectivity index (χ2v) is 5.56. The van der Waals surface area contributed by atoms with E-state index in [-0.39, 0.29) is 6.54 Å². The monoisotopic (exact) mass is 324 g/mol. The number of hydrogen-bond donors (Lipinski definition) is 3. The molecule has 3 N–H and O–H groups in total. The van der Waals surface area contributed by atoms with E-state index < -0.39 is 17.9 Å². The first-order valence-corrected chi connectivity index (χ1v) is 7.39. The molecule has 0 radical (unpaired) electrons. The topological polar surface area (TPSA) is 78.4 Å². The van der Waals surface area contributed by atoms with E-state index in [1.54, 1.807) is 36.4 Å². The number of nitrogens with one attached hydrogen (secondary N) is 2. The van der Waals surface area contributed by atoms with Gasteiger partial charge in [-0.05, 0) is 23.6 Å². The Hall–Kier alpha value is -1.89. The standard InChI is InChI=1S/C14H13ClN2O3S/c15-9-4-1-2-5-10(9)17-14(20)13(19)16-8-11(18)12-6-3-7-21-12/h1-7,11,18H,8H2,(H,16,19)(H,17,20). The summed E-state index contributed by atoms with van der Waals surface area (Å²) in [5.74, 6) is -1.66. The van der Waals surface area contributed by atoms with E-state index in [0.29, 0.717) is 10.7 Å². The van der Waals surface area contributed by atoms with Crippen LogP contribution in [0.25, 0.3) is 0 Å². The molecule has 1 unspecified atom stereocenters. The summed E-state index contributed by atoms with van der Waals surface area (Å²) in [4.78, 5) is 24.1. The quantitative estimate of drug-likeness (QED) is 0.754. The second kappa shape index (κ2) is 7.21. The zero-order chi connectivity index (χ0) is 15.2. The lowest BCUT2D eigenvalue weighted by atomic mass is 10.3. The molecule has 1 aromatic carbocycles. The van der Waals surface area contributed by atoms with Gasteiger partial charge in [0.05, 0.1) is 10.7 Å². The number of rotatable bonds is 4. The molecule has 7 heteroatoms. The molecule has 1 heterocycles. The first kappa shape index (κ1) is 15.5. The van der Waals surface area contributed by atoms with Gasteiger partial charge in [0.2, 0.25) is 0 Å². The van der Waals surface area contributed by atoms with Crippen LogP contribution in [0.5, 0.6) is 0 Å². The van der Waals surface area contributed by atoms with Gasteiger partial charge in [-0.15, -0.1) is 11.3 Å². The summed E-state index contributed by atoms with van der Waals surface area (Å²) in [5, 5.41) is 16.8. The highest BCUT2D eigenvalue weighted by atomic mass is 35.5. The van der Waals surface area contributed by atoms with Crippen LogP contribution in [0.2, 0.25) is 5.02 Å². The number of carbonyl (C=O) groups is 2. The maximum atomic E-state index is 11.7. The number of aliphatic hydroxyl groups excluding tert-OH is 1. The lowest BCUT2D eigenvalue weighted by Gasteiger charge is -2.10. The first-order valence-electron chi connectivity index (χ1n) is 6.13. The number of aliphatic hydroxyl groups is 1. The molecule has 2 amide bonds. The van der Waals surface area contributed by atoms with Crippen molar-refractivity contribution in [3.8, 4) is 0 Å². The van der Waals surface area contributed by atoms with Gasteiger partial charge in [-0.1, -0.05) is 29.8 Å². The van der Waals surface area contributed by atoms with Crippen molar-refractivity contribution in [3.63, 3.8) is 0 Å². The normalized spacial score (nSPS) is 11.7. The molecule has 0 aliphatic rings. The molecular weight excluding hydrogens is 312 g/mol. The van der Waals surface area contributed by atoms with Gasteiger partial charge in [0, 0.05) is 11.4 Å². The Labute approximate surface area is 130 Å². The maximum Gasteiger partial charge on any atom is 0.313 e. The molecule has 21 heavy (non-hydrogen) atoms. The Morgan fingerprint density at radius 3 is 2.62 bits per heavy atom. The Bertz CT molecular complexity index is 631. The fraction of sp³-hybridized carbons (Fsp3) is 0.143. The van der Waals surface area contributed by atoms with Crippen molar-refractivity contribution < 1.29 is 14.7 Å². The fourth-order valence-electron chi connectivity index (χ4n) is 1.59. The van der Waals surface area contributed by atoms with Crippen LogP contribution < -0.4 is 10.6 Å². The highest BCUT2D eigenvalue weighted by Gasteiger charge is 2.17. The van der Waals surface area contributed by atoms with E-state index in [1.807, 2.05) is 5.38 Å². The molecule has 1 aromatic heterocycles. The number of benzene rings is 1. The summed E-state index contributed by atoms with van der Waals surface area (Å²) in [7, 11) is 0. The molecule has 2 aromatic rings. The van der Waals surface area contributed by atoms with Gasteiger partial charge in [-0.2, -0.15) is 0 Å². The van der Waals surface area contributed by atoms with Crippen molar-refractivity contribution in [3.05, 3.63) is 51.7 Å². The summed E-state index contributed by atoms with van der Waals surface area (Å²) >= 11 is 7.26. The van der Waals surface area contributed by atoms with Gasteiger partial charge >= 0.3 is 11.8 Å². The minimum atomic E-state index is -0.832. The zero-order valence-corrected chi connectivity index (χ0v) is 12.4. The summed E-state index contributed by atoms with van der Waals surface area (Å²) < 4.78 is 0. The fourth-order valence-corrected chi connectivity index (χ4v) is 2.49.